The molecule has 0 aliphatic carbocycles. The molecule has 1 amide bonds. The number of nitrogens with zero attached hydrogens (tertiary/aromatic N) is 1. The van der Waals surface area contributed by atoms with Crippen LogP contribution in [-0.4, -0.2) is 40.2 Å². The SMILES string of the molecule is O=C(O)CNC(=O)c1ncc(C#CCOc2cccc(Cl)c2Cl)cc1O. The summed E-state index contributed by atoms with van der Waals surface area (Å²) in [6.45, 7) is -0.563. The lowest BCUT2D eigenvalue weighted by Gasteiger charge is -2.05. The van der Waals surface area contributed by atoms with Crippen molar-refractivity contribution in [2.24, 2.45) is 0 Å². The lowest BCUT2D eigenvalue weighted by molar-refractivity contribution is -0.135. The fourth-order valence-electron chi connectivity index (χ4n) is 1.78. The fraction of sp³-hybridized carbons (Fsp3) is 0.118. The first-order valence-electron chi connectivity index (χ1n) is 7.13. The summed E-state index contributed by atoms with van der Waals surface area (Å²) in [5.74, 6) is 3.38. The van der Waals surface area contributed by atoms with E-state index in [4.69, 9.17) is 33.0 Å². The van der Waals surface area contributed by atoms with E-state index < -0.39 is 24.2 Å². The zero-order valence-electron chi connectivity index (χ0n) is 13.1. The number of halogens is 2. The number of carboxylic acids is 1. The number of benzene rings is 1. The number of hydrogen-bond donors (Lipinski definition) is 3. The van der Waals surface area contributed by atoms with E-state index in [1.165, 1.54) is 12.3 Å². The Morgan fingerprint density at radius 1 is 1.31 bits per heavy atom. The number of ether oxygens (including phenoxy) is 1. The first-order valence-corrected chi connectivity index (χ1v) is 7.88. The van der Waals surface area contributed by atoms with Crippen LogP contribution in [0.2, 0.25) is 10.0 Å². The molecule has 1 heterocycles. The van der Waals surface area contributed by atoms with Gasteiger partial charge in [0.25, 0.3) is 5.91 Å². The molecule has 0 spiro atoms. The van der Waals surface area contributed by atoms with Gasteiger partial charge in [0.05, 0.1) is 5.02 Å². The Kier molecular flexibility index (Phi) is 6.67. The van der Waals surface area contributed by atoms with Crippen LogP contribution in [0.3, 0.4) is 0 Å². The van der Waals surface area contributed by atoms with Gasteiger partial charge in [-0.2, -0.15) is 0 Å². The summed E-state index contributed by atoms with van der Waals surface area (Å²) < 4.78 is 5.39. The van der Waals surface area contributed by atoms with Crippen molar-refractivity contribution in [1.82, 2.24) is 10.3 Å². The summed E-state index contributed by atoms with van der Waals surface area (Å²) in [6.07, 6.45) is 1.27. The second-order valence-corrected chi connectivity index (χ2v) is 5.60. The summed E-state index contributed by atoms with van der Waals surface area (Å²) >= 11 is 11.9. The third-order valence-corrected chi connectivity index (χ3v) is 3.73. The van der Waals surface area contributed by atoms with Gasteiger partial charge in [-0.05, 0) is 18.2 Å². The Morgan fingerprint density at radius 2 is 2.08 bits per heavy atom. The Bertz CT molecular complexity index is 906. The minimum Gasteiger partial charge on any atom is -0.505 e. The number of aromatic nitrogens is 1. The van der Waals surface area contributed by atoms with Gasteiger partial charge in [-0.1, -0.05) is 41.1 Å². The van der Waals surface area contributed by atoms with Gasteiger partial charge in [-0.25, -0.2) is 4.98 Å². The van der Waals surface area contributed by atoms with Gasteiger partial charge in [0.1, 0.15) is 29.7 Å². The number of nitrogens with one attached hydrogen (secondary N) is 1. The number of amides is 1. The molecule has 0 fully saturated rings. The van der Waals surface area contributed by atoms with Crippen LogP contribution >= 0.6 is 23.2 Å². The average molecular weight is 395 g/mol. The predicted octanol–water partition coefficient (Wildman–Crippen LogP) is 2.34. The maximum Gasteiger partial charge on any atom is 0.322 e. The predicted molar refractivity (Wildman–Crippen MR) is 94.7 cm³/mol. The highest BCUT2D eigenvalue weighted by Gasteiger charge is 2.14. The molecule has 3 N–H and O–H groups in total. The topological polar surface area (TPSA) is 109 Å². The third-order valence-electron chi connectivity index (χ3n) is 2.93. The number of carbonyl (C=O) groups is 2. The number of rotatable bonds is 5. The molecule has 9 heteroatoms. The second kappa shape index (κ2) is 8.94. The van der Waals surface area contributed by atoms with E-state index in [2.05, 4.69) is 22.1 Å². The molecule has 0 saturated heterocycles. The van der Waals surface area contributed by atoms with Gasteiger partial charge in [0, 0.05) is 11.8 Å². The average Bonchev–Trinajstić information content (AvgIpc) is 2.60. The molecule has 0 bridgehead atoms. The van der Waals surface area contributed by atoms with Crippen LogP contribution in [0.5, 0.6) is 11.5 Å². The number of hydrogen-bond acceptors (Lipinski definition) is 5. The zero-order chi connectivity index (χ0) is 19.1. The molecule has 2 aromatic rings. The zero-order valence-corrected chi connectivity index (χ0v) is 14.6. The number of carboxylic acid groups (broad SMARTS) is 1. The molecule has 26 heavy (non-hydrogen) atoms. The maximum absolute atomic E-state index is 11.7. The van der Waals surface area contributed by atoms with Crippen molar-refractivity contribution in [3.05, 3.63) is 51.8 Å². The van der Waals surface area contributed by atoms with E-state index in [9.17, 15) is 14.7 Å². The highest BCUT2D eigenvalue weighted by atomic mass is 35.5. The van der Waals surface area contributed by atoms with E-state index in [0.29, 0.717) is 16.3 Å². The van der Waals surface area contributed by atoms with Crippen molar-refractivity contribution in [2.75, 3.05) is 13.2 Å². The molecule has 0 atom stereocenters. The van der Waals surface area contributed by atoms with Gasteiger partial charge in [-0.15, -0.1) is 0 Å². The van der Waals surface area contributed by atoms with E-state index >= 15 is 0 Å². The molecule has 7 nitrogen and oxygen atoms in total. The summed E-state index contributed by atoms with van der Waals surface area (Å²) in [4.78, 5) is 25.9. The Balaban J connectivity index is 2.00. The maximum atomic E-state index is 11.7. The van der Waals surface area contributed by atoms with Crippen LogP contribution < -0.4 is 10.1 Å². The molecule has 0 aliphatic heterocycles. The molecule has 0 radical (unpaired) electrons. The van der Waals surface area contributed by atoms with E-state index in [1.54, 1.807) is 18.2 Å². The van der Waals surface area contributed by atoms with Gasteiger partial charge < -0.3 is 20.3 Å². The molecule has 1 aromatic heterocycles. The van der Waals surface area contributed by atoms with Gasteiger partial charge in [0.15, 0.2) is 5.69 Å². The third kappa shape index (κ3) is 5.28. The molecule has 1 aromatic carbocycles. The van der Waals surface area contributed by atoms with Crippen LogP contribution in [0.15, 0.2) is 30.5 Å². The minimum atomic E-state index is -1.21. The quantitative estimate of drug-likeness (QED) is 0.671. The van der Waals surface area contributed by atoms with Crippen LogP contribution in [0.1, 0.15) is 16.1 Å². The molecule has 0 saturated carbocycles. The van der Waals surface area contributed by atoms with Gasteiger partial charge in [-0.3, -0.25) is 9.59 Å². The summed E-state index contributed by atoms with van der Waals surface area (Å²) in [5, 5.41) is 21.1. The number of carbonyl (C=O) groups excluding carboxylic acids is 1. The van der Waals surface area contributed by atoms with Crippen molar-refractivity contribution >= 4 is 35.1 Å². The van der Waals surface area contributed by atoms with Gasteiger partial charge in [0.2, 0.25) is 0 Å². The smallest absolute Gasteiger partial charge is 0.322 e. The largest absolute Gasteiger partial charge is 0.505 e. The van der Waals surface area contributed by atoms with Crippen LogP contribution in [0.4, 0.5) is 0 Å². The van der Waals surface area contributed by atoms with Crippen molar-refractivity contribution in [1.29, 1.82) is 0 Å². The lowest BCUT2D eigenvalue weighted by atomic mass is 10.2. The number of pyridine rings is 1. The highest BCUT2D eigenvalue weighted by Crippen LogP contribution is 2.31. The Hall–Kier alpha value is -2.95. The number of aromatic hydroxyl groups is 1. The van der Waals surface area contributed by atoms with Gasteiger partial charge >= 0.3 is 5.97 Å². The summed E-state index contributed by atoms with van der Waals surface area (Å²) in [6, 6.07) is 6.20. The molecular weight excluding hydrogens is 383 g/mol. The first kappa shape index (κ1) is 19.4. The monoisotopic (exact) mass is 394 g/mol. The van der Waals surface area contributed by atoms with E-state index in [0.717, 1.165) is 0 Å². The summed E-state index contributed by atoms with van der Waals surface area (Å²) in [5.41, 5.74) is 0.0526. The van der Waals surface area contributed by atoms with E-state index in [-0.39, 0.29) is 17.3 Å². The van der Waals surface area contributed by atoms with Crippen molar-refractivity contribution in [3.8, 4) is 23.3 Å². The Morgan fingerprint density at radius 3 is 2.77 bits per heavy atom. The fourth-order valence-corrected chi connectivity index (χ4v) is 2.13. The van der Waals surface area contributed by atoms with Crippen LogP contribution in [0.25, 0.3) is 0 Å². The van der Waals surface area contributed by atoms with Crippen molar-refractivity contribution in [2.45, 2.75) is 0 Å². The molecule has 0 aliphatic rings. The van der Waals surface area contributed by atoms with E-state index in [1.807, 2.05) is 0 Å². The normalized spacial score (nSPS) is 9.77. The minimum absolute atomic E-state index is 0.0155. The molecule has 134 valence electrons. The second-order valence-electron chi connectivity index (χ2n) is 4.81. The molecule has 0 unspecified atom stereocenters. The number of aliphatic carboxylic acids is 1. The molecular formula is C17H12Cl2N2O5. The Labute approximate surface area is 158 Å². The lowest BCUT2D eigenvalue weighted by Crippen LogP contribution is -2.29. The van der Waals surface area contributed by atoms with Crippen LogP contribution in [-0.2, 0) is 4.79 Å². The highest BCUT2D eigenvalue weighted by molar-refractivity contribution is 6.42. The van der Waals surface area contributed by atoms with Crippen molar-refractivity contribution in [3.63, 3.8) is 0 Å². The standard InChI is InChI=1S/C17H12Cl2N2O5/c18-11-4-1-5-13(15(11)19)26-6-2-3-10-7-12(22)16(20-8-10)17(25)21-9-14(23)24/h1,4-5,7-8,22H,6,9H2,(H,21,25)(H,23,24). The molecule has 2 rings (SSSR count). The summed E-state index contributed by atoms with van der Waals surface area (Å²) in [7, 11) is 0. The van der Waals surface area contributed by atoms with Crippen LogP contribution in [0, 0.1) is 11.8 Å². The first-order chi connectivity index (χ1) is 12.4. The van der Waals surface area contributed by atoms with Crippen molar-refractivity contribution < 1.29 is 24.5 Å².